The normalized spacial score (nSPS) is 20.5. The number of rotatable bonds is 19. The molecule has 8 bridgehead atoms. The fourth-order valence-corrected chi connectivity index (χ4v) is 36.7. The quantitative estimate of drug-likeness (QED) is 0.0571. The third-order valence-electron chi connectivity index (χ3n) is 14.0. The third kappa shape index (κ3) is 18.9. The van der Waals surface area contributed by atoms with Crippen molar-refractivity contribution in [2.75, 3.05) is 133 Å². The molecule has 3 aromatic carbocycles. The van der Waals surface area contributed by atoms with E-state index in [1.807, 2.05) is 201 Å². The average molecular weight is 1550 g/mol. The van der Waals surface area contributed by atoms with Crippen molar-refractivity contribution in [3.05, 3.63) is 165 Å². The molecule has 0 saturated heterocycles. The number of aromatic nitrogens is 2. The molecule has 0 amide bonds. The van der Waals surface area contributed by atoms with E-state index in [-0.39, 0.29) is 59.5 Å². The maximum absolute atomic E-state index is 13.8. The Labute approximate surface area is 601 Å². The van der Waals surface area contributed by atoms with Gasteiger partial charge in [0.15, 0.2) is 0 Å². The van der Waals surface area contributed by atoms with Gasteiger partial charge in [-0.1, -0.05) is 176 Å². The lowest BCUT2D eigenvalue weighted by atomic mass is 10.1. The van der Waals surface area contributed by atoms with E-state index < -0.39 is 30.6 Å². The highest BCUT2D eigenvalue weighted by Gasteiger charge is 2.50. The first-order valence-electron chi connectivity index (χ1n) is 29.1. The van der Waals surface area contributed by atoms with Crippen molar-refractivity contribution in [2.24, 2.45) is 0 Å². The van der Waals surface area contributed by atoms with Crippen LogP contribution >= 0.6 is 188 Å². The van der Waals surface area contributed by atoms with Gasteiger partial charge in [0.25, 0.3) is 30.6 Å². The second-order valence-electron chi connectivity index (χ2n) is 20.8. The van der Waals surface area contributed by atoms with E-state index >= 15 is 0 Å². The number of fused-ring (bicyclic) bond motifs is 10. The van der Waals surface area contributed by atoms with E-state index in [1.165, 1.54) is 63.0 Å². The number of thioether (sulfide) groups is 16. The maximum Gasteiger partial charge on any atom is 0.261 e. The molecule has 0 fully saturated rings. The van der Waals surface area contributed by atoms with Crippen molar-refractivity contribution in [1.29, 1.82) is 0 Å². The zero-order chi connectivity index (χ0) is 63.7. The molecule has 10 rings (SSSR count). The Hall–Kier alpha value is -0.0831. The number of ether oxygens (including phenoxy) is 6. The van der Waals surface area contributed by atoms with Gasteiger partial charge in [0.05, 0.1) is 171 Å². The van der Waals surface area contributed by atoms with Gasteiger partial charge in [-0.2, -0.15) is 0 Å². The second kappa shape index (κ2) is 36.8. The zero-order valence-corrected chi connectivity index (χ0v) is 65.1. The molecule has 0 radical (unpaired) electrons. The van der Waals surface area contributed by atoms with E-state index in [1.54, 1.807) is 23.5 Å². The van der Waals surface area contributed by atoms with Crippen LogP contribution in [0.2, 0.25) is 5.04 Å². The molecule has 0 aliphatic carbocycles. The van der Waals surface area contributed by atoms with Crippen LogP contribution in [0.15, 0.2) is 143 Å². The van der Waals surface area contributed by atoms with Crippen LogP contribution in [0.5, 0.6) is 0 Å². The summed E-state index contributed by atoms with van der Waals surface area (Å²) in [6, 6.07) is 23.5. The molecule has 0 saturated carbocycles. The van der Waals surface area contributed by atoms with Crippen LogP contribution in [0, 0.1) is 0 Å². The zero-order valence-electron chi connectivity index (χ0n) is 51.0. The Balaban J connectivity index is 0.708. The lowest BCUT2D eigenvalue weighted by Gasteiger charge is -2.43. The summed E-state index contributed by atoms with van der Waals surface area (Å²) in [6.45, 7) is 12.7. The fourth-order valence-electron chi connectivity index (χ4n) is 9.86. The fraction of sp³-hybridized carbons (Fsp3) is 0.443. The minimum Gasteiger partial charge on any atom is -0.405 e. The predicted octanol–water partition coefficient (Wildman–Crippen LogP) is 15.0. The summed E-state index contributed by atoms with van der Waals surface area (Å²) < 4.78 is 61.3. The second-order valence-corrected chi connectivity index (χ2v) is 44.3. The molecule has 13 nitrogen and oxygen atoms in total. The highest BCUT2D eigenvalue weighted by atomic mass is 32.3. The van der Waals surface area contributed by atoms with E-state index in [0.717, 1.165) is 42.5 Å². The van der Waals surface area contributed by atoms with E-state index in [0.29, 0.717) is 71.8 Å². The number of hydrogen-bond donors (Lipinski definition) is 0. The number of hydrogen-bond acceptors (Lipinski definition) is 27. The molecule has 5 aliphatic heterocycles. The van der Waals surface area contributed by atoms with Gasteiger partial charge in [0, 0.05) is 28.8 Å². The summed E-state index contributed by atoms with van der Waals surface area (Å²) >= 11 is 29.6. The van der Waals surface area contributed by atoms with E-state index in [4.69, 9.17) is 32.8 Å². The summed E-state index contributed by atoms with van der Waals surface area (Å²) in [5, 5.41) is 2.55. The molecule has 2 aromatic heterocycles. The highest BCUT2D eigenvalue weighted by Crippen LogP contribution is 2.67. The van der Waals surface area contributed by atoms with Crippen LogP contribution in [0.4, 0.5) is 0 Å². The van der Waals surface area contributed by atoms with Gasteiger partial charge in [-0.25, -0.2) is 0 Å². The molecule has 7 heterocycles. The number of benzene rings is 3. The van der Waals surface area contributed by atoms with Gasteiger partial charge in [0.2, 0.25) is 0 Å². The number of nitrogens with zero attached hydrogens (tertiary/aromatic N) is 2. The Kier molecular flexibility index (Phi) is 29.8. The van der Waals surface area contributed by atoms with Gasteiger partial charge in [-0.3, -0.25) is 28.3 Å². The lowest BCUT2D eigenvalue weighted by Crippen LogP contribution is -2.66. The van der Waals surface area contributed by atoms with Crippen LogP contribution in [0.3, 0.4) is 0 Å². The highest BCUT2D eigenvalue weighted by molar-refractivity contribution is 8.46. The minimum absolute atomic E-state index is 0.00999. The van der Waals surface area contributed by atoms with Crippen LogP contribution in [-0.4, -0.2) is 151 Å². The van der Waals surface area contributed by atoms with Crippen molar-refractivity contribution in [2.45, 2.75) is 38.9 Å². The van der Waals surface area contributed by atoms with Crippen LogP contribution < -0.4 is 32.6 Å². The Morgan fingerprint density at radius 2 is 0.769 bits per heavy atom. The molecule has 0 N–H and O–H groups in total. The molecule has 91 heavy (non-hydrogen) atoms. The van der Waals surface area contributed by atoms with Crippen molar-refractivity contribution in [1.82, 2.24) is 9.13 Å². The Bertz CT molecular complexity index is 3650. The van der Waals surface area contributed by atoms with Gasteiger partial charge in [0.1, 0.15) is 0 Å². The molecule has 490 valence electrons. The molecule has 5 aliphatic rings. The van der Waals surface area contributed by atoms with Gasteiger partial charge in [-0.05, 0) is 46.3 Å². The molecule has 0 atom stereocenters. The topological polar surface area (TPSA) is 143 Å². The summed E-state index contributed by atoms with van der Waals surface area (Å²) in [7, 11) is -2.76. The van der Waals surface area contributed by atoms with Crippen LogP contribution in [0.25, 0.3) is 21.5 Å². The van der Waals surface area contributed by atoms with Crippen molar-refractivity contribution >= 4 is 228 Å². The summed E-state index contributed by atoms with van der Waals surface area (Å²) in [4.78, 5) is 55.0. The SMILES string of the molecule is CSC1=C2SCCOCCOCCSC3=C(SC)S/C(=C4/SC(=C(SCCOCCn5c(=O)c6cc7c(=O)n(CCOCCO[Si](c8ccccc8)(c8ccccc8)C(C)(C)C)c(=O)c7cc6c5=O)S4)SCCOCCOCCSC4=C(SC)S/C(=C(\S1)S2)S4)S3. The summed E-state index contributed by atoms with van der Waals surface area (Å²) in [6.07, 6.45) is 6.48. The van der Waals surface area contributed by atoms with Crippen LogP contribution in [-0.2, 0) is 45.9 Å². The van der Waals surface area contributed by atoms with E-state index in [9.17, 15) is 19.2 Å². The predicted molar refractivity (Wildman–Crippen MR) is 419 cm³/mol. The van der Waals surface area contributed by atoms with Crippen molar-refractivity contribution in [3.8, 4) is 0 Å². The van der Waals surface area contributed by atoms with Gasteiger partial charge in [-0.15, -0.1) is 94.1 Å². The first-order valence-corrected chi connectivity index (χ1v) is 46.1. The van der Waals surface area contributed by atoms with Crippen molar-refractivity contribution < 1.29 is 32.8 Å². The molecule has 5 aromatic rings. The first kappa shape index (κ1) is 73.6. The smallest absolute Gasteiger partial charge is 0.261 e. The standard InChI is InChI=1S/C61H70N2O11S16Si/c1-61(2,3)91(39-13-9-7-10-14-39,40-15-11-8-12-16-40)74-26-25-68-19-17-62-45(64)41-37-43-44(38-42(41)46(62)65)48(67)63(47(43)66)18-20-69-27-32-81-55-56-82-36-31-73-24-23-72-29-34-79-53-50(76-5)84-58(87-53)57-83-49(75-4)52(86-57)78-33-28-70-21-22-71-30-35-80-54-51(77-6)85-59(88-54)60(89-55)90-56/h7-16,37-38H,17-36H2,1-6H3/b58-57-,60-59-. The third-order valence-corrected chi connectivity index (χ3v) is 41.6. The lowest BCUT2D eigenvalue weighted by molar-refractivity contribution is 0.0605. The largest absolute Gasteiger partial charge is 0.405 e. The molecule has 30 heteroatoms. The first-order chi connectivity index (χ1) is 44.3. The summed E-state index contributed by atoms with van der Waals surface area (Å²) in [5.41, 5.74) is -2.07. The van der Waals surface area contributed by atoms with E-state index in [2.05, 4.69) is 63.8 Å². The monoisotopic (exact) mass is 1550 g/mol. The summed E-state index contributed by atoms with van der Waals surface area (Å²) in [5.74, 6) is 4.11. The average Bonchev–Trinajstić information content (AvgIpc) is 1.74. The Morgan fingerprint density at radius 1 is 0.429 bits per heavy atom. The van der Waals surface area contributed by atoms with Gasteiger partial charge < -0.3 is 32.8 Å². The maximum atomic E-state index is 13.8. The molecule has 0 unspecified atom stereocenters. The molecule has 0 spiro atoms. The molecular weight excluding hydrogens is 1480 g/mol. The van der Waals surface area contributed by atoms with Gasteiger partial charge >= 0.3 is 0 Å². The minimum atomic E-state index is -2.76. The van der Waals surface area contributed by atoms with Crippen molar-refractivity contribution in [3.63, 3.8) is 0 Å². The van der Waals surface area contributed by atoms with Crippen LogP contribution in [0.1, 0.15) is 20.8 Å². The Morgan fingerprint density at radius 3 is 1.12 bits per heavy atom. The molecular formula is C61H70N2O11S16Si.